The van der Waals surface area contributed by atoms with E-state index in [-0.39, 0.29) is 6.79 Å². The van der Waals surface area contributed by atoms with Gasteiger partial charge in [-0.15, -0.1) is 0 Å². The first-order valence-electron chi connectivity index (χ1n) is 10.2. The van der Waals surface area contributed by atoms with Gasteiger partial charge in [-0.2, -0.15) is 5.10 Å². The van der Waals surface area contributed by atoms with Gasteiger partial charge in [0.1, 0.15) is 5.69 Å². The van der Waals surface area contributed by atoms with Gasteiger partial charge in [0.2, 0.25) is 6.79 Å². The summed E-state index contributed by atoms with van der Waals surface area (Å²) in [7, 11) is 0. The van der Waals surface area contributed by atoms with E-state index in [1.807, 2.05) is 73.7 Å². The van der Waals surface area contributed by atoms with E-state index in [2.05, 4.69) is 42.4 Å². The Morgan fingerprint density at radius 1 is 0.970 bits per heavy atom. The summed E-state index contributed by atoms with van der Waals surface area (Å²) in [4.78, 5) is 9.64. The van der Waals surface area contributed by atoms with Crippen molar-refractivity contribution in [2.24, 2.45) is 10.1 Å². The molecular formula is C25H18Br2N4O2. The zero-order chi connectivity index (χ0) is 22.8. The van der Waals surface area contributed by atoms with Gasteiger partial charge in [-0.05, 0) is 92.4 Å². The normalized spacial score (nSPS) is 13.1. The van der Waals surface area contributed by atoms with Gasteiger partial charge in [-0.3, -0.25) is 5.43 Å². The number of hydrogen-bond acceptors (Lipinski definition) is 5. The summed E-state index contributed by atoms with van der Waals surface area (Å²) in [5.74, 6) is 1.95. The van der Waals surface area contributed by atoms with E-state index in [0.717, 1.165) is 42.4 Å². The number of nitrogens with zero attached hydrogens (tertiary/aromatic N) is 3. The molecule has 0 fully saturated rings. The van der Waals surface area contributed by atoms with E-state index in [4.69, 9.17) is 19.5 Å². The summed E-state index contributed by atoms with van der Waals surface area (Å²) in [5.41, 5.74) is 7.37. The molecule has 1 aliphatic rings. The van der Waals surface area contributed by atoms with E-state index in [0.29, 0.717) is 17.3 Å². The second-order valence-electron chi connectivity index (χ2n) is 7.41. The van der Waals surface area contributed by atoms with Gasteiger partial charge in [0.05, 0.1) is 17.4 Å². The molecule has 1 N–H and O–H groups in total. The third-order valence-corrected chi connectivity index (χ3v) is 6.22. The van der Waals surface area contributed by atoms with Gasteiger partial charge in [-0.25, -0.2) is 9.98 Å². The number of benzene rings is 3. The fourth-order valence-electron chi connectivity index (χ4n) is 3.41. The van der Waals surface area contributed by atoms with Crippen LogP contribution in [0.25, 0.3) is 10.9 Å². The van der Waals surface area contributed by atoms with E-state index >= 15 is 0 Å². The topological polar surface area (TPSA) is 68.1 Å². The molecule has 33 heavy (non-hydrogen) atoms. The third kappa shape index (κ3) is 4.77. The van der Waals surface area contributed by atoms with E-state index in [9.17, 15) is 0 Å². The Hall–Kier alpha value is -3.23. The predicted molar refractivity (Wildman–Crippen MR) is 138 cm³/mol. The maximum Gasteiger partial charge on any atom is 0.231 e. The number of aryl methyl sites for hydroxylation is 1. The van der Waals surface area contributed by atoms with Crippen LogP contribution >= 0.6 is 31.9 Å². The standard InChI is InChI=1S/C25H18Br2N4O2/c1-15-10-18(26)24(19(27)11-15)30-25(21-8-7-17-4-2-3-5-20(17)29-21)31-28-13-16-6-9-22-23(12-16)33-14-32-22/h2-13H,14H2,1H3,(H,30,31)/b28-13+. The zero-order valence-electron chi connectivity index (χ0n) is 17.5. The first-order chi connectivity index (χ1) is 16.1. The van der Waals surface area contributed by atoms with Crippen molar-refractivity contribution >= 4 is 60.5 Å². The number of rotatable bonds is 4. The van der Waals surface area contributed by atoms with Crippen LogP contribution in [0.15, 0.2) is 85.8 Å². The number of nitrogens with one attached hydrogen (secondary N) is 1. The number of pyridine rings is 1. The van der Waals surface area contributed by atoms with Gasteiger partial charge in [0, 0.05) is 14.3 Å². The number of para-hydroxylation sites is 1. The Kier molecular flexibility index (Phi) is 6.11. The lowest BCUT2D eigenvalue weighted by Gasteiger charge is -2.10. The Bertz CT molecular complexity index is 1400. The largest absolute Gasteiger partial charge is 0.454 e. The van der Waals surface area contributed by atoms with Crippen molar-refractivity contribution in [1.29, 1.82) is 0 Å². The number of aliphatic imine (C=N–C) groups is 1. The summed E-state index contributed by atoms with van der Waals surface area (Å²) >= 11 is 7.25. The Labute approximate surface area is 207 Å². The SMILES string of the molecule is Cc1cc(Br)c(N=C(N/N=C/c2ccc3c(c2)OCO3)c2ccc3ccccc3n2)c(Br)c1. The van der Waals surface area contributed by atoms with E-state index < -0.39 is 0 Å². The van der Waals surface area contributed by atoms with Crippen LogP contribution in [0, 0.1) is 6.92 Å². The molecule has 8 heteroatoms. The monoisotopic (exact) mass is 564 g/mol. The molecule has 2 heterocycles. The highest BCUT2D eigenvalue weighted by atomic mass is 79.9. The molecule has 4 aromatic rings. The van der Waals surface area contributed by atoms with Gasteiger partial charge >= 0.3 is 0 Å². The molecule has 0 unspecified atom stereocenters. The molecule has 0 aliphatic carbocycles. The molecule has 6 nitrogen and oxygen atoms in total. The van der Waals surface area contributed by atoms with Crippen molar-refractivity contribution in [2.45, 2.75) is 6.92 Å². The van der Waals surface area contributed by atoms with Crippen LogP contribution < -0.4 is 14.9 Å². The minimum absolute atomic E-state index is 0.235. The lowest BCUT2D eigenvalue weighted by molar-refractivity contribution is 0.174. The molecule has 0 saturated carbocycles. The molecule has 0 bridgehead atoms. The number of hydrogen-bond donors (Lipinski definition) is 1. The van der Waals surface area contributed by atoms with Gasteiger partial charge in [0.25, 0.3) is 0 Å². The number of halogens is 2. The van der Waals surface area contributed by atoms with Crippen molar-refractivity contribution in [3.8, 4) is 11.5 Å². The van der Waals surface area contributed by atoms with Crippen molar-refractivity contribution in [1.82, 2.24) is 10.4 Å². The minimum Gasteiger partial charge on any atom is -0.454 e. The van der Waals surface area contributed by atoms with E-state index in [1.165, 1.54) is 0 Å². The maximum absolute atomic E-state index is 5.44. The number of amidine groups is 1. The number of aromatic nitrogens is 1. The van der Waals surface area contributed by atoms with Crippen molar-refractivity contribution in [3.63, 3.8) is 0 Å². The van der Waals surface area contributed by atoms with Gasteiger partial charge < -0.3 is 9.47 Å². The highest BCUT2D eigenvalue weighted by Crippen LogP contribution is 2.35. The third-order valence-electron chi connectivity index (χ3n) is 5.01. The van der Waals surface area contributed by atoms with Crippen LogP contribution in [0.1, 0.15) is 16.8 Å². The summed E-state index contributed by atoms with van der Waals surface area (Å²) in [6, 6.07) is 21.6. The maximum atomic E-state index is 5.44. The second kappa shape index (κ2) is 9.33. The first-order valence-corrected chi connectivity index (χ1v) is 11.7. The average Bonchev–Trinajstić information content (AvgIpc) is 3.28. The van der Waals surface area contributed by atoms with Gasteiger partial charge in [0.15, 0.2) is 17.3 Å². The molecule has 0 radical (unpaired) electrons. The molecule has 0 amide bonds. The van der Waals surface area contributed by atoms with Crippen molar-refractivity contribution < 1.29 is 9.47 Å². The second-order valence-corrected chi connectivity index (χ2v) is 9.12. The number of hydrazone groups is 1. The minimum atomic E-state index is 0.235. The average molecular weight is 566 g/mol. The van der Waals surface area contributed by atoms with Crippen LogP contribution in [-0.4, -0.2) is 23.8 Å². The molecule has 1 aliphatic heterocycles. The predicted octanol–water partition coefficient (Wildman–Crippen LogP) is 6.50. The van der Waals surface area contributed by atoms with Crippen molar-refractivity contribution in [3.05, 3.63) is 92.5 Å². The summed E-state index contributed by atoms with van der Waals surface area (Å²) in [6.45, 7) is 2.27. The Morgan fingerprint density at radius 3 is 2.61 bits per heavy atom. The molecule has 0 saturated heterocycles. The molecule has 0 atom stereocenters. The van der Waals surface area contributed by atoms with Crippen LogP contribution in [0.3, 0.4) is 0 Å². The number of ether oxygens (including phenoxy) is 2. The highest BCUT2D eigenvalue weighted by molar-refractivity contribution is 9.11. The van der Waals surface area contributed by atoms with Gasteiger partial charge in [-0.1, -0.05) is 24.3 Å². The van der Waals surface area contributed by atoms with Crippen LogP contribution in [0.5, 0.6) is 11.5 Å². The lowest BCUT2D eigenvalue weighted by Crippen LogP contribution is -2.20. The highest BCUT2D eigenvalue weighted by Gasteiger charge is 2.13. The van der Waals surface area contributed by atoms with Crippen LogP contribution in [0.2, 0.25) is 0 Å². The molecule has 5 rings (SSSR count). The summed E-state index contributed by atoms with van der Waals surface area (Å²) < 4.78 is 12.6. The quantitative estimate of drug-likeness (QED) is 0.174. The molecule has 0 spiro atoms. The van der Waals surface area contributed by atoms with Crippen LogP contribution in [0.4, 0.5) is 5.69 Å². The molecular weight excluding hydrogens is 548 g/mol. The van der Waals surface area contributed by atoms with E-state index in [1.54, 1.807) is 6.21 Å². The number of fused-ring (bicyclic) bond motifs is 2. The smallest absolute Gasteiger partial charge is 0.231 e. The fraction of sp³-hybridized carbons (Fsp3) is 0.0800. The molecule has 1 aromatic heterocycles. The Morgan fingerprint density at radius 2 is 1.76 bits per heavy atom. The molecule has 164 valence electrons. The zero-order valence-corrected chi connectivity index (χ0v) is 20.7. The Balaban J connectivity index is 1.52. The first kappa shape index (κ1) is 21.6. The van der Waals surface area contributed by atoms with Crippen molar-refractivity contribution in [2.75, 3.05) is 6.79 Å². The summed E-state index contributed by atoms with van der Waals surface area (Å²) in [5, 5.41) is 5.48. The fourth-order valence-corrected chi connectivity index (χ4v) is 5.00. The molecule has 3 aromatic carbocycles. The van der Waals surface area contributed by atoms with Crippen LogP contribution in [-0.2, 0) is 0 Å². The summed E-state index contributed by atoms with van der Waals surface area (Å²) in [6.07, 6.45) is 1.71. The lowest BCUT2D eigenvalue weighted by atomic mass is 10.2.